The quantitative estimate of drug-likeness (QED) is 0.882. The summed E-state index contributed by atoms with van der Waals surface area (Å²) in [7, 11) is 0. The van der Waals surface area contributed by atoms with E-state index in [1.54, 1.807) is 23.6 Å². The third kappa shape index (κ3) is 3.54. The first-order valence-corrected chi connectivity index (χ1v) is 7.09. The van der Waals surface area contributed by atoms with E-state index in [2.05, 4.69) is 21.7 Å². The number of carbonyl (C=O) groups is 1. The fourth-order valence-corrected chi connectivity index (χ4v) is 2.51. The molecule has 0 spiro atoms. The van der Waals surface area contributed by atoms with Crippen LogP contribution in [0.1, 0.15) is 27.7 Å². The molecule has 0 radical (unpaired) electrons. The van der Waals surface area contributed by atoms with Crippen LogP contribution < -0.4 is 10.6 Å². The van der Waals surface area contributed by atoms with E-state index in [9.17, 15) is 4.79 Å². The Morgan fingerprint density at radius 3 is 2.79 bits per heavy atom. The third-order valence-corrected chi connectivity index (χ3v) is 3.78. The van der Waals surface area contributed by atoms with Crippen molar-refractivity contribution in [2.24, 2.45) is 0 Å². The van der Waals surface area contributed by atoms with E-state index in [1.807, 2.05) is 25.3 Å². The van der Waals surface area contributed by atoms with Gasteiger partial charge in [-0.05, 0) is 43.0 Å². The van der Waals surface area contributed by atoms with Crippen LogP contribution in [0.4, 0.5) is 5.82 Å². The number of aromatic nitrogens is 1. The maximum absolute atomic E-state index is 12.0. The van der Waals surface area contributed by atoms with Crippen LogP contribution in [0, 0.1) is 6.92 Å². The molecule has 2 rings (SSSR count). The van der Waals surface area contributed by atoms with E-state index in [1.165, 1.54) is 10.4 Å². The molecule has 1 amide bonds. The van der Waals surface area contributed by atoms with E-state index in [0.717, 1.165) is 12.4 Å². The number of nitrogens with zero attached hydrogens (tertiary/aromatic N) is 1. The SMILES string of the molecule is CCNc1ccc(C(=O)NCc2sccc2C)cn1. The highest BCUT2D eigenvalue weighted by atomic mass is 32.1. The number of pyridine rings is 1. The predicted molar refractivity (Wildman–Crippen MR) is 78.6 cm³/mol. The standard InChI is InChI=1S/C14H17N3OS/c1-3-15-13-5-4-11(8-16-13)14(18)17-9-12-10(2)6-7-19-12/h4-8H,3,9H2,1-2H3,(H,15,16)(H,17,18). The van der Waals surface area contributed by atoms with E-state index in [0.29, 0.717) is 12.1 Å². The zero-order valence-electron chi connectivity index (χ0n) is 11.1. The monoisotopic (exact) mass is 275 g/mol. The van der Waals surface area contributed by atoms with Crippen molar-refractivity contribution in [3.63, 3.8) is 0 Å². The van der Waals surface area contributed by atoms with Crippen LogP contribution in [-0.4, -0.2) is 17.4 Å². The molecule has 2 N–H and O–H groups in total. The summed E-state index contributed by atoms with van der Waals surface area (Å²) in [6.45, 7) is 5.43. The Labute approximate surface area is 116 Å². The molecule has 2 aromatic rings. The molecule has 0 aliphatic heterocycles. The van der Waals surface area contributed by atoms with Gasteiger partial charge >= 0.3 is 0 Å². The van der Waals surface area contributed by atoms with Gasteiger partial charge in [-0.1, -0.05) is 0 Å². The molecule has 4 nitrogen and oxygen atoms in total. The molecule has 0 fully saturated rings. The number of rotatable bonds is 5. The number of nitrogens with one attached hydrogen (secondary N) is 2. The first-order chi connectivity index (χ1) is 9.20. The van der Waals surface area contributed by atoms with Gasteiger partial charge in [0.2, 0.25) is 0 Å². The topological polar surface area (TPSA) is 54.0 Å². The van der Waals surface area contributed by atoms with E-state index >= 15 is 0 Å². The molecule has 0 aromatic carbocycles. The number of thiophene rings is 1. The highest BCUT2D eigenvalue weighted by Gasteiger charge is 2.07. The molecule has 0 unspecified atom stereocenters. The Morgan fingerprint density at radius 2 is 2.21 bits per heavy atom. The van der Waals surface area contributed by atoms with E-state index in [-0.39, 0.29) is 5.91 Å². The van der Waals surface area contributed by atoms with Crippen LogP contribution in [0.15, 0.2) is 29.8 Å². The average molecular weight is 275 g/mol. The Hall–Kier alpha value is -1.88. The minimum Gasteiger partial charge on any atom is -0.370 e. The highest BCUT2D eigenvalue weighted by molar-refractivity contribution is 7.10. The number of amides is 1. The van der Waals surface area contributed by atoms with Crippen LogP contribution in [0.25, 0.3) is 0 Å². The molecule has 2 aromatic heterocycles. The van der Waals surface area contributed by atoms with Crippen LogP contribution in [0.2, 0.25) is 0 Å². The van der Waals surface area contributed by atoms with Crippen molar-refractivity contribution in [2.75, 3.05) is 11.9 Å². The van der Waals surface area contributed by atoms with Gasteiger partial charge in [0.25, 0.3) is 5.91 Å². The molecule has 100 valence electrons. The molecular formula is C14H17N3OS. The van der Waals surface area contributed by atoms with Gasteiger partial charge in [-0.15, -0.1) is 11.3 Å². The first kappa shape index (κ1) is 13.5. The summed E-state index contributed by atoms with van der Waals surface area (Å²) >= 11 is 1.66. The van der Waals surface area contributed by atoms with Crippen molar-refractivity contribution >= 4 is 23.1 Å². The lowest BCUT2D eigenvalue weighted by atomic mass is 10.2. The maximum Gasteiger partial charge on any atom is 0.253 e. The minimum absolute atomic E-state index is 0.0941. The second-order valence-electron chi connectivity index (χ2n) is 4.17. The smallest absolute Gasteiger partial charge is 0.253 e. The third-order valence-electron chi connectivity index (χ3n) is 2.76. The van der Waals surface area contributed by atoms with Gasteiger partial charge in [0.05, 0.1) is 12.1 Å². The second-order valence-corrected chi connectivity index (χ2v) is 5.17. The minimum atomic E-state index is -0.0941. The summed E-state index contributed by atoms with van der Waals surface area (Å²) in [5.41, 5.74) is 1.79. The van der Waals surface area contributed by atoms with Crippen LogP contribution in [0.3, 0.4) is 0 Å². The van der Waals surface area contributed by atoms with Crippen molar-refractivity contribution in [1.82, 2.24) is 10.3 Å². The lowest BCUT2D eigenvalue weighted by Gasteiger charge is -2.06. The highest BCUT2D eigenvalue weighted by Crippen LogP contribution is 2.15. The molecule has 0 aliphatic rings. The van der Waals surface area contributed by atoms with Gasteiger partial charge < -0.3 is 10.6 Å². The molecule has 5 heteroatoms. The summed E-state index contributed by atoms with van der Waals surface area (Å²) in [5.74, 6) is 0.691. The fourth-order valence-electron chi connectivity index (χ4n) is 1.66. The molecule has 0 aliphatic carbocycles. The Bertz CT molecular complexity index is 548. The first-order valence-electron chi connectivity index (χ1n) is 6.21. The van der Waals surface area contributed by atoms with E-state index < -0.39 is 0 Å². The second kappa shape index (κ2) is 6.33. The summed E-state index contributed by atoms with van der Waals surface area (Å²) in [6, 6.07) is 5.65. The fraction of sp³-hybridized carbons (Fsp3) is 0.286. The molecule has 0 saturated heterocycles. The van der Waals surface area contributed by atoms with Crippen molar-refractivity contribution in [3.8, 4) is 0 Å². The van der Waals surface area contributed by atoms with Crippen molar-refractivity contribution < 1.29 is 4.79 Å². The largest absolute Gasteiger partial charge is 0.370 e. The molecule has 19 heavy (non-hydrogen) atoms. The normalized spacial score (nSPS) is 10.2. The molecule has 0 atom stereocenters. The zero-order valence-corrected chi connectivity index (χ0v) is 11.9. The van der Waals surface area contributed by atoms with Crippen LogP contribution in [-0.2, 0) is 6.54 Å². The van der Waals surface area contributed by atoms with Gasteiger partial charge in [-0.3, -0.25) is 4.79 Å². The average Bonchev–Trinajstić information content (AvgIpc) is 2.83. The van der Waals surface area contributed by atoms with E-state index in [4.69, 9.17) is 0 Å². The van der Waals surface area contributed by atoms with Crippen molar-refractivity contribution in [1.29, 1.82) is 0 Å². The van der Waals surface area contributed by atoms with Gasteiger partial charge in [0.15, 0.2) is 0 Å². The van der Waals surface area contributed by atoms with Crippen LogP contribution in [0.5, 0.6) is 0 Å². The van der Waals surface area contributed by atoms with Gasteiger partial charge in [-0.2, -0.15) is 0 Å². The summed E-state index contributed by atoms with van der Waals surface area (Å²) in [6.07, 6.45) is 1.59. The predicted octanol–water partition coefficient (Wildman–Crippen LogP) is 2.81. The number of hydrogen-bond acceptors (Lipinski definition) is 4. The molecular weight excluding hydrogens is 258 g/mol. The summed E-state index contributed by atoms with van der Waals surface area (Å²) in [5, 5.41) is 8.03. The number of hydrogen-bond donors (Lipinski definition) is 2. The van der Waals surface area contributed by atoms with Gasteiger partial charge in [0.1, 0.15) is 5.82 Å². The maximum atomic E-state index is 12.0. The zero-order chi connectivity index (χ0) is 13.7. The summed E-state index contributed by atoms with van der Waals surface area (Å²) in [4.78, 5) is 17.3. The van der Waals surface area contributed by atoms with Crippen molar-refractivity contribution in [3.05, 3.63) is 45.8 Å². The van der Waals surface area contributed by atoms with Crippen molar-refractivity contribution in [2.45, 2.75) is 20.4 Å². The number of aryl methyl sites for hydroxylation is 1. The lowest BCUT2D eigenvalue weighted by molar-refractivity contribution is 0.0951. The van der Waals surface area contributed by atoms with Gasteiger partial charge in [-0.25, -0.2) is 4.98 Å². The summed E-state index contributed by atoms with van der Waals surface area (Å²) < 4.78 is 0. The number of anilines is 1. The van der Waals surface area contributed by atoms with Crippen LogP contribution >= 0.6 is 11.3 Å². The Morgan fingerprint density at radius 1 is 1.37 bits per heavy atom. The van der Waals surface area contributed by atoms with Gasteiger partial charge in [0, 0.05) is 17.6 Å². The molecule has 2 heterocycles. The Balaban J connectivity index is 1.94. The lowest BCUT2D eigenvalue weighted by Crippen LogP contribution is -2.22. The Kier molecular flexibility index (Phi) is 4.52. The molecule has 0 bridgehead atoms. The number of carbonyl (C=O) groups excluding carboxylic acids is 1. The molecule has 0 saturated carbocycles.